The molecule has 0 amide bonds. The van der Waals surface area contributed by atoms with Crippen molar-refractivity contribution in [2.24, 2.45) is 12.5 Å². The van der Waals surface area contributed by atoms with Gasteiger partial charge in [-0.3, -0.25) is 4.68 Å². The molecule has 0 spiro atoms. The van der Waals surface area contributed by atoms with Gasteiger partial charge < -0.3 is 5.32 Å². The van der Waals surface area contributed by atoms with Crippen LogP contribution in [0.4, 0.5) is 0 Å². The molecular formula is C17H30ClN3. The molecule has 1 fully saturated rings. The molecule has 4 heteroatoms. The Hall–Kier alpha value is -0.540. The first-order valence-electron chi connectivity index (χ1n) is 8.45. The smallest absolute Gasteiger partial charge is 0.0847 e. The van der Waals surface area contributed by atoms with Crippen LogP contribution in [-0.4, -0.2) is 22.4 Å². The quantitative estimate of drug-likeness (QED) is 0.815. The Morgan fingerprint density at radius 2 is 2.00 bits per heavy atom. The molecule has 0 aliphatic heterocycles. The molecule has 1 aliphatic rings. The van der Waals surface area contributed by atoms with Gasteiger partial charge in [0, 0.05) is 19.5 Å². The monoisotopic (exact) mass is 311 g/mol. The Morgan fingerprint density at radius 3 is 2.48 bits per heavy atom. The summed E-state index contributed by atoms with van der Waals surface area (Å²) in [6.45, 7) is 7.66. The fourth-order valence-electron chi connectivity index (χ4n) is 3.95. The van der Waals surface area contributed by atoms with Crippen LogP contribution in [-0.2, 0) is 13.5 Å². The molecule has 21 heavy (non-hydrogen) atoms. The summed E-state index contributed by atoms with van der Waals surface area (Å²) in [6.07, 6.45) is 8.85. The second-order valence-electron chi connectivity index (χ2n) is 6.60. The Bertz CT molecular complexity index is 461. The Kier molecular flexibility index (Phi) is 5.73. The van der Waals surface area contributed by atoms with E-state index in [0.29, 0.717) is 11.5 Å². The van der Waals surface area contributed by atoms with Crippen LogP contribution in [0, 0.1) is 12.3 Å². The highest BCUT2D eigenvalue weighted by Crippen LogP contribution is 2.45. The molecule has 120 valence electrons. The zero-order valence-corrected chi connectivity index (χ0v) is 14.8. The number of halogens is 1. The van der Waals surface area contributed by atoms with Gasteiger partial charge in [0.05, 0.1) is 16.4 Å². The minimum absolute atomic E-state index is 0.441. The van der Waals surface area contributed by atoms with Crippen LogP contribution in [0.25, 0.3) is 0 Å². The van der Waals surface area contributed by atoms with Crippen molar-refractivity contribution in [1.82, 2.24) is 15.1 Å². The average Bonchev–Trinajstić information content (AvgIpc) is 3.04. The van der Waals surface area contributed by atoms with Gasteiger partial charge in [0.1, 0.15) is 0 Å². The van der Waals surface area contributed by atoms with Gasteiger partial charge in [-0.2, -0.15) is 5.10 Å². The van der Waals surface area contributed by atoms with Crippen LogP contribution in [0.5, 0.6) is 0 Å². The van der Waals surface area contributed by atoms with Crippen LogP contribution >= 0.6 is 11.6 Å². The van der Waals surface area contributed by atoms with E-state index in [2.05, 4.69) is 24.3 Å². The molecule has 2 rings (SSSR count). The Balaban J connectivity index is 2.23. The van der Waals surface area contributed by atoms with E-state index in [4.69, 9.17) is 11.6 Å². The van der Waals surface area contributed by atoms with Crippen LogP contribution in [0.1, 0.15) is 63.8 Å². The summed E-state index contributed by atoms with van der Waals surface area (Å²) in [7, 11) is 2.01. The first-order chi connectivity index (χ1) is 10.0. The van der Waals surface area contributed by atoms with E-state index in [0.717, 1.165) is 23.7 Å². The lowest BCUT2D eigenvalue weighted by atomic mass is 9.74. The number of hydrogen-bond donors (Lipinski definition) is 1. The number of hydrogen-bond acceptors (Lipinski definition) is 2. The highest BCUT2D eigenvalue weighted by molar-refractivity contribution is 6.31. The lowest BCUT2D eigenvalue weighted by Crippen LogP contribution is -2.46. The van der Waals surface area contributed by atoms with Crippen LogP contribution in [0.15, 0.2) is 0 Å². The van der Waals surface area contributed by atoms with E-state index >= 15 is 0 Å². The average molecular weight is 312 g/mol. The third kappa shape index (κ3) is 3.45. The molecule has 1 aromatic rings. The van der Waals surface area contributed by atoms with Crippen molar-refractivity contribution in [3.05, 3.63) is 16.4 Å². The van der Waals surface area contributed by atoms with Gasteiger partial charge in [0.25, 0.3) is 0 Å². The molecule has 1 saturated carbocycles. The molecule has 0 radical (unpaired) electrons. The van der Waals surface area contributed by atoms with Crippen molar-refractivity contribution in [3.63, 3.8) is 0 Å². The molecule has 1 unspecified atom stereocenters. The Morgan fingerprint density at radius 1 is 1.33 bits per heavy atom. The van der Waals surface area contributed by atoms with Gasteiger partial charge in [0.15, 0.2) is 0 Å². The maximum atomic E-state index is 6.48. The standard InChI is InChI=1S/C17H30ClN3/c1-5-11-19-15(17(6-2)9-7-8-10-17)12-14-16(18)13(3)20-21(14)4/h15,19H,5-12H2,1-4H3. The molecule has 1 atom stereocenters. The maximum absolute atomic E-state index is 6.48. The van der Waals surface area contributed by atoms with Crippen molar-refractivity contribution < 1.29 is 0 Å². The molecular weight excluding hydrogens is 282 g/mol. The van der Waals surface area contributed by atoms with E-state index in [1.807, 2.05) is 18.7 Å². The molecule has 0 bridgehead atoms. The van der Waals surface area contributed by atoms with E-state index in [9.17, 15) is 0 Å². The molecule has 3 nitrogen and oxygen atoms in total. The minimum Gasteiger partial charge on any atom is -0.313 e. The molecule has 1 aliphatic carbocycles. The van der Waals surface area contributed by atoms with Crippen molar-refractivity contribution >= 4 is 11.6 Å². The molecule has 1 aromatic heterocycles. The normalized spacial score (nSPS) is 19.1. The fraction of sp³-hybridized carbons (Fsp3) is 0.824. The molecule has 1 N–H and O–H groups in total. The Labute approximate surface area is 134 Å². The zero-order valence-electron chi connectivity index (χ0n) is 14.0. The van der Waals surface area contributed by atoms with E-state index < -0.39 is 0 Å². The van der Waals surface area contributed by atoms with Crippen molar-refractivity contribution in [3.8, 4) is 0 Å². The largest absolute Gasteiger partial charge is 0.313 e. The summed E-state index contributed by atoms with van der Waals surface area (Å²) in [5.41, 5.74) is 2.57. The van der Waals surface area contributed by atoms with Gasteiger partial charge in [0.2, 0.25) is 0 Å². The zero-order chi connectivity index (χ0) is 15.5. The van der Waals surface area contributed by atoms with Gasteiger partial charge in [-0.25, -0.2) is 0 Å². The number of aromatic nitrogens is 2. The van der Waals surface area contributed by atoms with Crippen molar-refractivity contribution in [2.75, 3.05) is 6.54 Å². The molecule has 0 saturated heterocycles. The molecule has 1 heterocycles. The lowest BCUT2D eigenvalue weighted by molar-refractivity contribution is 0.182. The summed E-state index contributed by atoms with van der Waals surface area (Å²) >= 11 is 6.48. The number of rotatable bonds is 7. The van der Waals surface area contributed by atoms with Crippen molar-refractivity contribution in [1.29, 1.82) is 0 Å². The summed E-state index contributed by atoms with van der Waals surface area (Å²) in [5.74, 6) is 0. The minimum atomic E-state index is 0.441. The first-order valence-corrected chi connectivity index (χ1v) is 8.83. The third-order valence-electron chi connectivity index (χ3n) is 5.34. The van der Waals surface area contributed by atoms with Crippen LogP contribution < -0.4 is 5.32 Å². The van der Waals surface area contributed by atoms with Gasteiger partial charge in [-0.05, 0) is 44.6 Å². The van der Waals surface area contributed by atoms with Gasteiger partial charge in [-0.1, -0.05) is 38.3 Å². The van der Waals surface area contributed by atoms with E-state index in [-0.39, 0.29) is 0 Å². The van der Waals surface area contributed by atoms with Crippen molar-refractivity contribution in [2.45, 2.75) is 71.8 Å². The maximum Gasteiger partial charge on any atom is 0.0847 e. The topological polar surface area (TPSA) is 29.9 Å². The fourth-order valence-corrected chi connectivity index (χ4v) is 4.18. The third-order valence-corrected chi connectivity index (χ3v) is 5.83. The predicted octanol–water partition coefficient (Wildman–Crippen LogP) is 4.26. The second kappa shape index (κ2) is 7.15. The summed E-state index contributed by atoms with van der Waals surface area (Å²) in [5, 5.41) is 9.14. The van der Waals surface area contributed by atoms with Gasteiger partial charge >= 0.3 is 0 Å². The van der Waals surface area contributed by atoms with Crippen LogP contribution in [0.2, 0.25) is 5.02 Å². The lowest BCUT2D eigenvalue weighted by Gasteiger charge is -2.38. The summed E-state index contributed by atoms with van der Waals surface area (Å²) < 4.78 is 1.97. The first kappa shape index (κ1) is 16.8. The van der Waals surface area contributed by atoms with Gasteiger partial charge in [-0.15, -0.1) is 0 Å². The van der Waals surface area contributed by atoms with E-state index in [1.54, 1.807) is 0 Å². The number of aryl methyl sites for hydroxylation is 2. The van der Waals surface area contributed by atoms with Crippen LogP contribution in [0.3, 0.4) is 0 Å². The number of nitrogens with zero attached hydrogens (tertiary/aromatic N) is 2. The number of nitrogens with one attached hydrogen (secondary N) is 1. The molecule has 0 aromatic carbocycles. The summed E-state index contributed by atoms with van der Waals surface area (Å²) in [6, 6.07) is 0.511. The predicted molar refractivity (Wildman–Crippen MR) is 89.9 cm³/mol. The second-order valence-corrected chi connectivity index (χ2v) is 6.98. The summed E-state index contributed by atoms with van der Waals surface area (Å²) in [4.78, 5) is 0. The highest BCUT2D eigenvalue weighted by Gasteiger charge is 2.40. The van der Waals surface area contributed by atoms with E-state index in [1.165, 1.54) is 44.2 Å². The SMILES string of the molecule is CCCNC(Cc1c(Cl)c(C)nn1C)C1(CC)CCCC1. The highest BCUT2D eigenvalue weighted by atomic mass is 35.5.